The maximum Gasteiger partial charge on any atom is 0.325 e. The lowest BCUT2D eigenvalue weighted by Gasteiger charge is -2.35. The van der Waals surface area contributed by atoms with Crippen molar-refractivity contribution in [3.05, 3.63) is 0 Å². The fourth-order valence-corrected chi connectivity index (χ4v) is 3.49. The molecule has 0 aromatic rings. The predicted octanol–water partition coefficient (Wildman–Crippen LogP) is -0.258. The number of sulfonamides is 1. The molecule has 0 aliphatic carbocycles. The maximum absolute atomic E-state index is 12.3. The number of nitrogens with zero attached hydrogens (tertiary/aromatic N) is 2. The van der Waals surface area contributed by atoms with E-state index in [2.05, 4.69) is 5.32 Å². The van der Waals surface area contributed by atoms with Gasteiger partial charge in [0.1, 0.15) is 5.54 Å². The van der Waals surface area contributed by atoms with Gasteiger partial charge in [0.05, 0.1) is 6.26 Å². The Morgan fingerprint density at radius 2 is 1.84 bits per heavy atom. The smallest absolute Gasteiger partial charge is 0.323 e. The van der Waals surface area contributed by atoms with Crippen LogP contribution in [0.4, 0.5) is 4.79 Å². The number of carbonyl (C=O) groups is 2. The van der Waals surface area contributed by atoms with Crippen LogP contribution in [0, 0.1) is 0 Å². The molecule has 0 bridgehead atoms. The molecular weight excluding hydrogens is 270 g/mol. The number of rotatable bonds is 3. The Balaban J connectivity index is 2.12. The SMILES string of the molecule is CCCN1C(=O)NC2(CCN(S(C)(=O)=O)CC2)C1=O. The van der Waals surface area contributed by atoms with Gasteiger partial charge in [0.2, 0.25) is 10.0 Å². The van der Waals surface area contributed by atoms with E-state index < -0.39 is 15.6 Å². The Labute approximate surface area is 113 Å². The van der Waals surface area contributed by atoms with Crippen LogP contribution >= 0.6 is 0 Å². The lowest BCUT2D eigenvalue weighted by Crippen LogP contribution is -2.55. The van der Waals surface area contributed by atoms with Crippen molar-refractivity contribution in [3.63, 3.8) is 0 Å². The van der Waals surface area contributed by atoms with E-state index in [-0.39, 0.29) is 25.0 Å². The van der Waals surface area contributed by atoms with E-state index in [1.165, 1.54) is 9.21 Å². The fraction of sp³-hybridized carbons (Fsp3) is 0.818. The lowest BCUT2D eigenvalue weighted by atomic mass is 9.88. The normalized spacial score (nSPS) is 24.0. The summed E-state index contributed by atoms with van der Waals surface area (Å²) >= 11 is 0. The second-order valence-electron chi connectivity index (χ2n) is 5.13. The second kappa shape index (κ2) is 4.75. The second-order valence-corrected chi connectivity index (χ2v) is 7.11. The van der Waals surface area contributed by atoms with Crippen molar-refractivity contribution < 1.29 is 18.0 Å². The van der Waals surface area contributed by atoms with Crippen LogP contribution in [0.5, 0.6) is 0 Å². The Morgan fingerprint density at radius 1 is 1.26 bits per heavy atom. The minimum atomic E-state index is -3.23. The van der Waals surface area contributed by atoms with Crippen LogP contribution in [-0.2, 0) is 14.8 Å². The van der Waals surface area contributed by atoms with Crippen LogP contribution in [0.3, 0.4) is 0 Å². The van der Waals surface area contributed by atoms with Gasteiger partial charge in [-0.3, -0.25) is 9.69 Å². The summed E-state index contributed by atoms with van der Waals surface area (Å²) in [7, 11) is -3.23. The molecule has 2 saturated heterocycles. The topological polar surface area (TPSA) is 86.8 Å². The quantitative estimate of drug-likeness (QED) is 0.725. The van der Waals surface area contributed by atoms with Gasteiger partial charge in [-0.15, -0.1) is 0 Å². The number of urea groups is 1. The fourth-order valence-electron chi connectivity index (χ4n) is 2.64. The largest absolute Gasteiger partial charge is 0.325 e. The van der Waals surface area contributed by atoms with Crippen LogP contribution in [0.15, 0.2) is 0 Å². The van der Waals surface area contributed by atoms with Crippen LogP contribution in [0.25, 0.3) is 0 Å². The van der Waals surface area contributed by atoms with Gasteiger partial charge < -0.3 is 5.32 Å². The molecular formula is C11H19N3O4S. The molecule has 2 fully saturated rings. The van der Waals surface area contributed by atoms with Crippen molar-refractivity contribution in [2.45, 2.75) is 31.7 Å². The molecule has 8 heteroatoms. The highest BCUT2D eigenvalue weighted by Gasteiger charge is 2.52. The molecule has 2 rings (SSSR count). The third-order valence-electron chi connectivity index (χ3n) is 3.74. The van der Waals surface area contributed by atoms with Crippen molar-refractivity contribution in [1.82, 2.24) is 14.5 Å². The zero-order chi connectivity index (χ0) is 14.3. The maximum atomic E-state index is 12.3. The van der Waals surface area contributed by atoms with E-state index in [0.717, 1.165) is 6.26 Å². The van der Waals surface area contributed by atoms with E-state index in [4.69, 9.17) is 0 Å². The van der Waals surface area contributed by atoms with Crippen molar-refractivity contribution >= 4 is 22.0 Å². The average molecular weight is 289 g/mol. The molecule has 2 heterocycles. The molecule has 3 amide bonds. The summed E-state index contributed by atoms with van der Waals surface area (Å²) in [6.07, 6.45) is 2.55. The number of hydrogen-bond donors (Lipinski definition) is 1. The van der Waals surface area contributed by atoms with Crippen LogP contribution in [-0.4, -0.2) is 61.0 Å². The summed E-state index contributed by atoms with van der Waals surface area (Å²) in [6.45, 7) is 2.84. The zero-order valence-electron chi connectivity index (χ0n) is 11.2. The number of amides is 3. The summed E-state index contributed by atoms with van der Waals surface area (Å²) < 4.78 is 24.2. The molecule has 19 heavy (non-hydrogen) atoms. The Morgan fingerprint density at radius 3 is 2.32 bits per heavy atom. The van der Waals surface area contributed by atoms with E-state index >= 15 is 0 Å². The number of nitrogens with one attached hydrogen (secondary N) is 1. The van der Waals surface area contributed by atoms with Gasteiger partial charge in [-0.2, -0.15) is 0 Å². The third-order valence-corrected chi connectivity index (χ3v) is 5.04. The molecule has 1 N–H and O–H groups in total. The van der Waals surface area contributed by atoms with Crippen molar-refractivity contribution in [2.75, 3.05) is 25.9 Å². The molecule has 108 valence electrons. The summed E-state index contributed by atoms with van der Waals surface area (Å²) in [5, 5.41) is 2.74. The molecule has 0 radical (unpaired) electrons. The van der Waals surface area contributed by atoms with Crippen molar-refractivity contribution in [2.24, 2.45) is 0 Å². The zero-order valence-corrected chi connectivity index (χ0v) is 12.0. The molecule has 0 unspecified atom stereocenters. The highest BCUT2D eigenvalue weighted by Crippen LogP contribution is 2.30. The van der Waals surface area contributed by atoms with Gasteiger partial charge in [-0.1, -0.05) is 6.92 Å². The first-order valence-electron chi connectivity index (χ1n) is 6.39. The van der Waals surface area contributed by atoms with Crippen LogP contribution < -0.4 is 5.32 Å². The highest BCUT2D eigenvalue weighted by atomic mass is 32.2. The first kappa shape index (κ1) is 14.3. The minimum Gasteiger partial charge on any atom is -0.323 e. The molecule has 2 aliphatic rings. The molecule has 7 nitrogen and oxygen atoms in total. The average Bonchev–Trinajstić information content (AvgIpc) is 2.54. The van der Waals surface area contributed by atoms with E-state index in [0.29, 0.717) is 25.8 Å². The Kier molecular flexibility index (Phi) is 3.57. The van der Waals surface area contributed by atoms with Gasteiger partial charge in [-0.05, 0) is 19.3 Å². The van der Waals surface area contributed by atoms with Gasteiger partial charge in [-0.25, -0.2) is 17.5 Å². The monoisotopic (exact) mass is 289 g/mol. The molecule has 0 aromatic carbocycles. The van der Waals surface area contributed by atoms with Crippen molar-refractivity contribution in [3.8, 4) is 0 Å². The highest BCUT2D eigenvalue weighted by molar-refractivity contribution is 7.88. The summed E-state index contributed by atoms with van der Waals surface area (Å²) in [4.78, 5) is 25.3. The Hall–Kier alpha value is -1.15. The Bertz CT molecular complexity index is 494. The summed E-state index contributed by atoms with van der Waals surface area (Å²) in [6, 6.07) is -0.361. The molecule has 0 saturated carbocycles. The van der Waals surface area contributed by atoms with Gasteiger partial charge in [0.15, 0.2) is 0 Å². The number of imide groups is 1. The standard InChI is InChI=1S/C11H19N3O4S/c1-3-6-14-9(15)11(12-10(14)16)4-7-13(8-5-11)19(2,17)18/h3-8H2,1-2H3,(H,12,16). The van der Waals surface area contributed by atoms with Gasteiger partial charge >= 0.3 is 6.03 Å². The third kappa shape index (κ3) is 2.46. The van der Waals surface area contributed by atoms with Gasteiger partial charge in [0.25, 0.3) is 5.91 Å². The van der Waals surface area contributed by atoms with Crippen molar-refractivity contribution in [1.29, 1.82) is 0 Å². The lowest BCUT2D eigenvalue weighted by molar-refractivity contribution is -0.132. The van der Waals surface area contributed by atoms with Crippen LogP contribution in [0.2, 0.25) is 0 Å². The first-order valence-corrected chi connectivity index (χ1v) is 8.24. The molecule has 0 atom stereocenters. The van der Waals surface area contributed by atoms with E-state index in [9.17, 15) is 18.0 Å². The van der Waals surface area contributed by atoms with E-state index in [1.807, 2.05) is 6.92 Å². The summed E-state index contributed by atoms with van der Waals surface area (Å²) in [5.41, 5.74) is -0.895. The number of hydrogen-bond acceptors (Lipinski definition) is 4. The number of piperidine rings is 1. The summed E-state index contributed by atoms with van der Waals surface area (Å²) in [5.74, 6) is -0.215. The van der Waals surface area contributed by atoms with Gasteiger partial charge in [0, 0.05) is 19.6 Å². The predicted molar refractivity (Wildman–Crippen MR) is 68.9 cm³/mol. The number of carbonyl (C=O) groups excluding carboxylic acids is 2. The van der Waals surface area contributed by atoms with E-state index in [1.54, 1.807) is 0 Å². The minimum absolute atomic E-state index is 0.215. The molecule has 0 aromatic heterocycles. The van der Waals surface area contributed by atoms with Crippen LogP contribution in [0.1, 0.15) is 26.2 Å². The molecule has 1 spiro atoms. The molecule has 2 aliphatic heterocycles. The first-order chi connectivity index (χ1) is 8.80.